The summed E-state index contributed by atoms with van der Waals surface area (Å²) in [7, 11) is 0. The lowest BCUT2D eigenvalue weighted by Crippen LogP contribution is -2.33. The van der Waals surface area contributed by atoms with Crippen molar-refractivity contribution in [2.24, 2.45) is 0 Å². The van der Waals surface area contributed by atoms with Crippen molar-refractivity contribution in [1.29, 1.82) is 0 Å². The van der Waals surface area contributed by atoms with Crippen LogP contribution in [-0.4, -0.2) is 24.0 Å². The number of carbonyl (C=O) groups is 2. The van der Waals surface area contributed by atoms with Gasteiger partial charge in [0.15, 0.2) is 6.10 Å². The molecule has 0 saturated heterocycles. The molecule has 138 valence electrons. The normalized spacial score (nSPS) is 11.8. The Hall–Kier alpha value is -2.53. The Morgan fingerprint density at radius 2 is 1.77 bits per heavy atom. The van der Waals surface area contributed by atoms with Gasteiger partial charge in [0, 0.05) is 11.1 Å². The molecule has 2 N–H and O–H groups in total. The number of carbonyl (C=O) groups excluding carboxylic acids is 2. The number of nitrogens with one attached hydrogen (secondary N) is 2. The van der Waals surface area contributed by atoms with Crippen molar-refractivity contribution in [3.8, 4) is 5.75 Å². The molecule has 0 radical (unpaired) electrons. The molecule has 0 aliphatic rings. The molecule has 0 saturated carbocycles. The van der Waals surface area contributed by atoms with Crippen LogP contribution in [0.15, 0.2) is 42.5 Å². The molecule has 2 rings (SSSR count). The van der Waals surface area contributed by atoms with E-state index in [9.17, 15) is 9.59 Å². The minimum Gasteiger partial charge on any atom is -0.481 e. The van der Waals surface area contributed by atoms with Crippen LogP contribution >= 0.6 is 11.6 Å². The van der Waals surface area contributed by atoms with Gasteiger partial charge in [0.25, 0.3) is 11.8 Å². The fraction of sp³-hybridized carbons (Fsp3) is 0.300. The predicted octanol–water partition coefficient (Wildman–Crippen LogP) is 4.19. The highest BCUT2D eigenvalue weighted by atomic mass is 35.5. The van der Waals surface area contributed by atoms with Gasteiger partial charge in [-0.1, -0.05) is 23.7 Å². The second-order valence-electron chi connectivity index (χ2n) is 6.33. The van der Waals surface area contributed by atoms with Gasteiger partial charge in [-0.15, -0.1) is 0 Å². The van der Waals surface area contributed by atoms with Gasteiger partial charge in [0.2, 0.25) is 0 Å². The van der Waals surface area contributed by atoms with Gasteiger partial charge in [0.1, 0.15) is 5.75 Å². The molecule has 5 nitrogen and oxygen atoms in total. The second kappa shape index (κ2) is 8.72. The summed E-state index contributed by atoms with van der Waals surface area (Å²) in [4.78, 5) is 24.8. The minimum absolute atomic E-state index is 0.00154. The molecule has 2 amide bonds. The van der Waals surface area contributed by atoms with Crippen LogP contribution < -0.4 is 15.4 Å². The van der Waals surface area contributed by atoms with E-state index >= 15 is 0 Å². The van der Waals surface area contributed by atoms with Crippen LogP contribution in [-0.2, 0) is 4.79 Å². The summed E-state index contributed by atoms with van der Waals surface area (Å²) in [6, 6.07) is 12.1. The van der Waals surface area contributed by atoms with Crippen molar-refractivity contribution >= 4 is 29.1 Å². The number of anilines is 1. The summed E-state index contributed by atoms with van der Waals surface area (Å²) in [6.45, 7) is 7.27. The number of ether oxygens (including phenoxy) is 1. The Labute approximate surface area is 158 Å². The van der Waals surface area contributed by atoms with Crippen LogP contribution in [0.3, 0.4) is 0 Å². The number of benzene rings is 2. The zero-order valence-electron chi connectivity index (χ0n) is 15.3. The summed E-state index contributed by atoms with van der Waals surface area (Å²) in [5.41, 5.74) is 1.72. The number of aryl methyl sites for hydroxylation is 1. The van der Waals surface area contributed by atoms with Crippen LogP contribution in [0.2, 0.25) is 5.02 Å². The van der Waals surface area contributed by atoms with Crippen LogP contribution in [0.1, 0.15) is 36.7 Å². The van der Waals surface area contributed by atoms with Crippen molar-refractivity contribution in [2.75, 3.05) is 5.32 Å². The Kier molecular flexibility index (Phi) is 6.64. The molecule has 0 unspecified atom stereocenters. The van der Waals surface area contributed by atoms with Crippen molar-refractivity contribution < 1.29 is 14.3 Å². The summed E-state index contributed by atoms with van der Waals surface area (Å²) >= 11 is 6.00. The monoisotopic (exact) mass is 374 g/mol. The highest BCUT2D eigenvalue weighted by Crippen LogP contribution is 2.22. The zero-order valence-corrected chi connectivity index (χ0v) is 16.1. The molecule has 0 aromatic heterocycles. The Balaban J connectivity index is 2.09. The Morgan fingerprint density at radius 3 is 2.42 bits per heavy atom. The highest BCUT2D eigenvalue weighted by molar-refractivity contribution is 6.31. The average molecular weight is 375 g/mol. The molecule has 0 aliphatic heterocycles. The van der Waals surface area contributed by atoms with Gasteiger partial charge in [-0.3, -0.25) is 9.59 Å². The lowest BCUT2D eigenvalue weighted by molar-refractivity contribution is -0.122. The third-order valence-corrected chi connectivity index (χ3v) is 4.08. The standard InChI is InChI=1S/C20H23ClN2O3/c1-12(2)22-20(25)16-7-5-6-8-18(16)23-19(24)14(4)26-15-9-10-17(21)13(3)11-15/h5-12,14H,1-4H3,(H,22,25)(H,23,24)/t14-/m1/s1. The number of halogens is 1. The van der Waals surface area contributed by atoms with Crippen molar-refractivity contribution in [2.45, 2.75) is 39.8 Å². The first kappa shape index (κ1) is 19.8. The van der Waals surface area contributed by atoms with E-state index in [4.69, 9.17) is 16.3 Å². The van der Waals surface area contributed by atoms with Crippen LogP contribution in [0.25, 0.3) is 0 Å². The number of amides is 2. The molecular weight excluding hydrogens is 352 g/mol. The van der Waals surface area contributed by atoms with Gasteiger partial charge in [-0.25, -0.2) is 0 Å². The Bertz CT molecular complexity index is 805. The van der Waals surface area contributed by atoms with E-state index in [2.05, 4.69) is 10.6 Å². The molecule has 0 spiro atoms. The van der Waals surface area contributed by atoms with E-state index in [-0.39, 0.29) is 17.9 Å². The van der Waals surface area contributed by atoms with Crippen LogP contribution in [0.5, 0.6) is 5.75 Å². The maximum absolute atomic E-state index is 12.5. The Morgan fingerprint density at radius 1 is 1.08 bits per heavy atom. The first-order valence-corrected chi connectivity index (χ1v) is 8.79. The molecule has 2 aromatic carbocycles. The third kappa shape index (κ3) is 5.23. The maximum Gasteiger partial charge on any atom is 0.265 e. The highest BCUT2D eigenvalue weighted by Gasteiger charge is 2.19. The topological polar surface area (TPSA) is 67.4 Å². The second-order valence-corrected chi connectivity index (χ2v) is 6.74. The van der Waals surface area contributed by atoms with E-state index in [1.165, 1.54) is 0 Å². The number of rotatable bonds is 6. The number of hydrogen-bond donors (Lipinski definition) is 2. The van der Waals surface area contributed by atoms with Gasteiger partial charge in [0.05, 0.1) is 11.3 Å². The van der Waals surface area contributed by atoms with Crippen LogP contribution in [0.4, 0.5) is 5.69 Å². The van der Waals surface area contributed by atoms with E-state index < -0.39 is 6.10 Å². The number of hydrogen-bond acceptors (Lipinski definition) is 3. The first-order chi connectivity index (χ1) is 12.3. The van der Waals surface area contributed by atoms with Gasteiger partial charge >= 0.3 is 0 Å². The van der Waals surface area contributed by atoms with E-state index in [0.717, 1.165) is 5.56 Å². The molecule has 1 atom stereocenters. The average Bonchev–Trinajstić information content (AvgIpc) is 2.58. The molecule has 2 aromatic rings. The van der Waals surface area contributed by atoms with Crippen molar-refractivity contribution in [1.82, 2.24) is 5.32 Å². The molecule has 0 fully saturated rings. The number of para-hydroxylation sites is 1. The quantitative estimate of drug-likeness (QED) is 0.796. The van der Waals surface area contributed by atoms with E-state index in [1.54, 1.807) is 49.4 Å². The largest absolute Gasteiger partial charge is 0.481 e. The fourth-order valence-electron chi connectivity index (χ4n) is 2.31. The van der Waals surface area contributed by atoms with Gasteiger partial charge in [-0.2, -0.15) is 0 Å². The molecule has 26 heavy (non-hydrogen) atoms. The van der Waals surface area contributed by atoms with Crippen LogP contribution in [0, 0.1) is 6.92 Å². The maximum atomic E-state index is 12.5. The molecule has 0 bridgehead atoms. The smallest absolute Gasteiger partial charge is 0.265 e. The first-order valence-electron chi connectivity index (χ1n) is 8.41. The molecular formula is C20H23ClN2O3. The van der Waals surface area contributed by atoms with E-state index in [1.807, 2.05) is 20.8 Å². The summed E-state index contributed by atoms with van der Waals surface area (Å²) in [5, 5.41) is 6.22. The third-order valence-electron chi connectivity index (χ3n) is 3.66. The zero-order chi connectivity index (χ0) is 19.3. The van der Waals surface area contributed by atoms with Gasteiger partial charge < -0.3 is 15.4 Å². The lowest BCUT2D eigenvalue weighted by Gasteiger charge is -2.17. The molecule has 0 aliphatic carbocycles. The predicted molar refractivity (Wildman–Crippen MR) is 104 cm³/mol. The lowest BCUT2D eigenvalue weighted by atomic mass is 10.1. The summed E-state index contributed by atoms with van der Waals surface area (Å²) in [6.07, 6.45) is -0.739. The summed E-state index contributed by atoms with van der Waals surface area (Å²) in [5.74, 6) is -0.0272. The van der Waals surface area contributed by atoms with Crippen molar-refractivity contribution in [3.63, 3.8) is 0 Å². The molecule has 0 heterocycles. The molecule has 6 heteroatoms. The van der Waals surface area contributed by atoms with Crippen molar-refractivity contribution in [3.05, 3.63) is 58.6 Å². The van der Waals surface area contributed by atoms with E-state index in [0.29, 0.717) is 22.0 Å². The summed E-state index contributed by atoms with van der Waals surface area (Å²) < 4.78 is 5.68. The SMILES string of the molecule is Cc1cc(O[C@H](C)C(=O)Nc2ccccc2C(=O)NC(C)C)ccc1Cl. The minimum atomic E-state index is -0.739. The van der Waals surface area contributed by atoms with Gasteiger partial charge in [-0.05, 0) is 63.6 Å². The fourth-order valence-corrected chi connectivity index (χ4v) is 2.43.